The van der Waals surface area contributed by atoms with Crippen LogP contribution >= 0.6 is 0 Å². The van der Waals surface area contributed by atoms with Gasteiger partial charge >= 0.3 is 0 Å². The Morgan fingerprint density at radius 1 is 1.28 bits per heavy atom. The standard InChI is InChI=1S/C13H20N4O/c1-10-8-17(9-11(2)18-10)13(16-14)15-12-6-4-3-5-7-12/h3-7,10-11H,8-9,14H2,1-2H3,(H,15,16)/t10-,11+. The average Bonchev–Trinajstić information content (AvgIpc) is 2.36. The fourth-order valence-electron chi connectivity index (χ4n) is 2.17. The number of rotatable bonds is 1. The molecular weight excluding hydrogens is 228 g/mol. The van der Waals surface area contributed by atoms with Crippen molar-refractivity contribution in [1.82, 2.24) is 10.3 Å². The number of nitrogens with zero attached hydrogens (tertiary/aromatic N) is 2. The van der Waals surface area contributed by atoms with Gasteiger partial charge in [-0.05, 0) is 26.0 Å². The summed E-state index contributed by atoms with van der Waals surface area (Å²) in [6, 6.07) is 9.78. The smallest absolute Gasteiger partial charge is 0.213 e. The Morgan fingerprint density at radius 2 is 1.89 bits per heavy atom. The van der Waals surface area contributed by atoms with Crippen LogP contribution in [0, 0.1) is 0 Å². The second kappa shape index (κ2) is 5.84. The number of ether oxygens (including phenoxy) is 1. The molecule has 1 fully saturated rings. The summed E-state index contributed by atoms with van der Waals surface area (Å²) in [6.07, 6.45) is 0.367. The first-order valence-electron chi connectivity index (χ1n) is 6.20. The third-order valence-corrected chi connectivity index (χ3v) is 2.84. The lowest BCUT2D eigenvalue weighted by atomic mass is 10.2. The van der Waals surface area contributed by atoms with Gasteiger partial charge in [-0.1, -0.05) is 18.2 Å². The third-order valence-electron chi connectivity index (χ3n) is 2.84. The number of guanidine groups is 1. The van der Waals surface area contributed by atoms with E-state index in [1.807, 2.05) is 30.3 Å². The van der Waals surface area contributed by atoms with Gasteiger partial charge in [0, 0.05) is 13.1 Å². The molecule has 0 radical (unpaired) electrons. The first-order chi connectivity index (χ1) is 8.69. The molecule has 98 valence electrons. The lowest BCUT2D eigenvalue weighted by Crippen LogP contribution is -2.53. The SMILES string of the molecule is C[C@@H]1CN(C(=Nc2ccccc2)NN)C[C@H](C)O1. The van der Waals surface area contributed by atoms with Crippen LogP contribution in [0.3, 0.4) is 0 Å². The van der Waals surface area contributed by atoms with E-state index in [2.05, 4.69) is 29.2 Å². The molecule has 1 saturated heterocycles. The summed E-state index contributed by atoms with van der Waals surface area (Å²) >= 11 is 0. The second-order valence-corrected chi connectivity index (χ2v) is 4.58. The number of morpholine rings is 1. The van der Waals surface area contributed by atoms with Crippen LogP contribution in [0.15, 0.2) is 35.3 Å². The van der Waals surface area contributed by atoms with Crippen molar-refractivity contribution >= 4 is 11.6 Å². The molecule has 1 aliphatic rings. The van der Waals surface area contributed by atoms with Crippen LogP contribution in [-0.4, -0.2) is 36.2 Å². The molecule has 5 nitrogen and oxygen atoms in total. The zero-order valence-corrected chi connectivity index (χ0v) is 10.8. The number of hydrogen-bond donors (Lipinski definition) is 2. The molecule has 0 bridgehead atoms. The van der Waals surface area contributed by atoms with Gasteiger partial charge in [0.2, 0.25) is 5.96 Å². The number of benzene rings is 1. The van der Waals surface area contributed by atoms with E-state index < -0.39 is 0 Å². The normalized spacial score (nSPS) is 25.1. The number of para-hydroxylation sites is 1. The predicted molar refractivity (Wildman–Crippen MR) is 72.4 cm³/mol. The third kappa shape index (κ3) is 3.21. The highest BCUT2D eigenvalue weighted by atomic mass is 16.5. The Labute approximate surface area is 108 Å². The average molecular weight is 248 g/mol. The van der Waals surface area contributed by atoms with Gasteiger partial charge < -0.3 is 9.64 Å². The predicted octanol–water partition coefficient (Wildman–Crippen LogP) is 1.25. The quantitative estimate of drug-likeness (QED) is 0.340. The van der Waals surface area contributed by atoms with Crippen molar-refractivity contribution in [2.75, 3.05) is 13.1 Å². The zero-order valence-electron chi connectivity index (χ0n) is 10.8. The van der Waals surface area contributed by atoms with Crippen molar-refractivity contribution in [2.45, 2.75) is 26.1 Å². The molecule has 1 aromatic rings. The molecule has 18 heavy (non-hydrogen) atoms. The largest absolute Gasteiger partial charge is 0.372 e. The summed E-state index contributed by atoms with van der Waals surface area (Å²) in [5, 5.41) is 0. The molecule has 0 amide bonds. The highest BCUT2D eigenvalue weighted by Gasteiger charge is 2.24. The highest BCUT2D eigenvalue weighted by molar-refractivity contribution is 5.82. The molecule has 1 aliphatic heterocycles. The fraction of sp³-hybridized carbons (Fsp3) is 0.462. The van der Waals surface area contributed by atoms with Gasteiger partial charge in [0.1, 0.15) is 0 Å². The lowest BCUT2D eigenvalue weighted by molar-refractivity contribution is -0.0489. The van der Waals surface area contributed by atoms with E-state index in [9.17, 15) is 0 Å². The number of nitrogens with one attached hydrogen (secondary N) is 1. The van der Waals surface area contributed by atoms with Gasteiger partial charge in [-0.3, -0.25) is 5.43 Å². The summed E-state index contributed by atoms with van der Waals surface area (Å²) in [5.74, 6) is 6.26. The number of nitrogens with two attached hydrogens (primary N) is 1. The molecular formula is C13H20N4O. The number of hydrazine groups is 1. The Bertz CT molecular complexity index is 397. The van der Waals surface area contributed by atoms with Gasteiger partial charge in [-0.15, -0.1) is 0 Å². The molecule has 0 saturated carbocycles. The van der Waals surface area contributed by atoms with E-state index >= 15 is 0 Å². The molecule has 0 aromatic heterocycles. The minimum atomic E-state index is 0.183. The highest BCUT2D eigenvalue weighted by Crippen LogP contribution is 2.14. The molecule has 2 rings (SSSR count). The van der Waals surface area contributed by atoms with E-state index in [1.165, 1.54) is 0 Å². The molecule has 0 unspecified atom stereocenters. The summed E-state index contributed by atoms with van der Waals surface area (Å²) < 4.78 is 5.70. The molecule has 2 atom stereocenters. The van der Waals surface area contributed by atoms with Gasteiger partial charge in [-0.2, -0.15) is 0 Å². The van der Waals surface area contributed by atoms with Crippen LogP contribution in [0.25, 0.3) is 0 Å². The van der Waals surface area contributed by atoms with Crippen LogP contribution < -0.4 is 11.3 Å². The lowest BCUT2D eigenvalue weighted by Gasteiger charge is -2.36. The Hall–Kier alpha value is -1.59. The van der Waals surface area contributed by atoms with Crippen molar-refractivity contribution in [3.63, 3.8) is 0 Å². The molecule has 1 heterocycles. The molecule has 1 aromatic carbocycles. The maximum absolute atomic E-state index is 5.70. The summed E-state index contributed by atoms with van der Waals surface area (Å²) in [7, 11) is 0. The van der Waals surface area contributed by atoms with Crippen molar-refractivity contribution in [1.29, 1.82) is 0 Å². The number of aliphatic imine (C=N–C) groups is 1. The fourth-order valence-corrected chi connectivity index (χ4v) is 2.17. The first-order valence-corrected chi connectivity index (χ1v) is 6.20. The first kappa shape index (κ1) is 12.9. The maximum Gasteiger partial charge on any atom is 0.213 e. The van der Waals surface area contributed by atoms with Crippen LogP contribution in [0.4, 0.5) is 5.69 Å². The van der Waals surface area contributed by atoms with Gasteiger partial charge in [0.15, 0.2) is 0 Å². The molecule has 0 aliphatic carbocycles. The van der Waals surface area contributed by atoms with Crippen LogP contribution in [-0.2, 0) is 4.74 Å². The zero-order chi connectivity index (χ0) is 13.0. The van der Waals surface area contributed by atoms with E-state index in [0.717, 1.165) is 18.8 Å². The molecule has 3 N–H and O–H groups in total. The Kier molecular flexibility index (Phi) is 4.17. The maximum atomic E-state index is 5.70. The van der Waals surface area contributed by atoms with Crippen LogP contribution in [0.5, 0.6) is 0 Å². The topological polar surface area (TPSA) is 62.9 Å². The number of hydrogen-bond acceptors (Lipinski definition) is 3. The summed E-state index contributed by atoms with van der Waals surface area (Å²) in [6.45, 7) is 5.69. The monoisotopic (exact) mass is 248 g/mol. The van der Waals surface area contributed by atoms with Crippen molar-refractivity contribution in [3.05, 3.63) is 30.3 Å². The summed E-state index contributed by atoms with van der Waals surface area (Å²) in [4.78, 5) is 6.64. The van der Waals surface area contributed by atoms with Gasteiger partial charge in [0.05, 0.1) is 17.9 Å². The minimum absolute atomic E-state index is 0.183. The van der Waals surface area contributed by atoms with E-state index in [1.54, 1.807) is 0 Å². The van der Waals surface area contributed by atoms with E-state index in [0.29, 0.717) is 5.96 Å². The van der Waals surface area contributed by atoms with Crippen LogP contribution in [0.2, 0.25) is 0 Å². The Morgan fingerprint density at radius 3 is 2.44 bits per heavy atom. The van der Waals surface area contributed by atoms with Gasteiger partial charge in [0.25, 0.3) is 0 Å². The van der Waals surface area contributed by atoms with Gasteiger partial charge in [-0.25, -0.2) is 10.8 Å². The van der Waals surface area contributed by atoms with Crippen molar-refractivity contribution < 1.29 is 4.74 Å². The van der Waals surface area contributed by atoms with Crippen molar-refractivity contribution in [2.24, 2.45) is 10.8 Å². The molecule has 5 heteroatoms. The van der Waals surface area contributed by atoms with E-state index in [-0.39, 0.29) is 12.2 Å². The molecule has 0 spiro atoms. The summed E-state index contributed by atoms with van der Waals surface area (Å²) in [5.41, 5.74) is 3.57. The van der Waals surface area contributed by atoms with Crippen molar-refractivity contribution in [3.8, 4) is 0 Å². The van der Waals surface area contributed by atoms with Crippen LogP contribution in [0.1, 0.15) is 13.8 Å². The van der Waals surface area contributed by atoms with E-state index in [4.69, 9.17) is 10.6 Å². The minimum Gasteiger partial charge on any atom is -0.372 e. The Balaban J connectivity index is 2.15. The second-order valence-electron chi connectivity index (χ2n) is 4.58.